The summed E-state index contributed by atoms with van der Waals surface area (Å²) in [7, 11) is 5.18. The van der Waals surface area contributed by atoms with Gasteiger partial charge in [-0.25, -0.2) is 9.59 Å². The Hall–Kier alpha value is -2.62. The Bertz CT molecular complexity index is 1420. The fraction of sp³-hybridized carbons (Fsp3) is 0.854. The highest BCUT2D eigenvalue weighted by Gasteiger charge is 2.53. The maximum Gasteiger partial charge on any atom is 0.328 e. The number of carboxylic acid groups (broad SMARTS) is 2. The van der Waals surface area contributed by atoms with Gasteiger partial charge in [0.2, 0.25) is 0 Å². The molecule has 18 atom stereocenters. The van der Waals surface area contributed by atoms with Crippen LogP contribution in [0, 0.1) is 23.7 Å². The summed E-state index contributed by atoms with van der Waals surface area (Å²) in [6.07, 6.45) is -8.59. The van der Waals surface area contributed by atoms with E-state index in [1.165, 1.54) is 27.9 Å². The first kappa shape index (κ1) is 52.5. The molecule has 0 radical (unpaired) electrons. The number of hydrogen-bond donors (Lipinski definition) is 7. The Morgan fingerprint density at radius 1 is 0.864 bits per heavy atom. The number of carbonyl (C=O) groups excluding carboxylic acids is 2. The monoisotopic (exact) mass is 849 g/mol. The van der Waals surface area contributed by atoms with Crippen LogP contribution in [0.4, 0.5) is 0 Å². The summed E-state index contributed by atoms with van der Waals surface area (Å²) < 4.78 is 37.1. The zero-order chi connectivity index (χ0) is 45.5. The molecule has 0 aromatic carbocycles. The summed E-state index contributed by atoms with van der Waals surface area (Å²) in [5.41, 5.74) is -4.84. The van der Waals surface area contributed by atoms with E-state index < -0.39 is 119 Å². The Labute approximate surface area is 347 Å². The number of likely N-dealkylation sites (N-methyl/N-ethyl adjacent to an activating group) is 1. The molecule has 0 aliphatic carbocycles. The molecule has 7 N–H and O–H groups in total. The van der Waals surface area contributed by atoms with Crippen molar-refractivity contribution < 1.29 is 83.3 Å². The number of cyclic esters (lactones) is 1. The van der Waals surface area contributed by atoms with E-state index in [2.05, 4.69) is 0 Å². The van der Waals surface area contributed by atoms with Crippen molar-refractivity contribution in [3.63, 3.8) is 0 Å². The fourth-order valence-electron chi connectivity index (χ4n) is 8.55. The van der Waals surface area contributed by atoms with E-state index in [4.69, 9.17) is 38.6 Å². The molecule has 3 aliphatic rings. The lowest BCUT2D eigenvalue weighted by Crippen LogP contribution is -2.61. The Kier molecular flexibility index (Phi) is 19.1. The van der Waals surface area contributed by atoms with E-state index in [0.717, 1.165) is 0 Å². The molecule has 0 bridgehead atoms. The van der Waals surface area contributed by atoms with Crippen LogP contribution < -0.4 is 0 Å². The molecule has 0 amide bonds. The van der Waals surface area contributed by atoms with Gasteiger partial charge in [-0.3, -0.25) is 9.59 Å². The summed E-state index contributed by atoms with van der Waals surface area (Å²) in [5.74, 6) is -7.49. The number of aliphatic hydroxyl groups excluding tert-OH is 3. The molecule has 18 heteroatoms. The van der Waals surface area contributed by atoms with Crippen molar-refractivity contribution in [1.29, 1.82) is 0 Å². The number of nitrogens with zero attached hydrogens (tertiary/aromatic N) is 1. The van der Waals surface area contributed by atoms with Crippen LogP contribution in [0.2, 0.25) is 0 Å². The molecule has 59 heavy (non-hydrogen) atoms. The van der Waals surface area contributed by atoms with Gasteiger partial charge in [0, 0.05) is 49.5 Å². The number of ether oxygens (including phenoxy) is 6. The molecule has 3 heterocycles. The lowest BCUT2D eigenvalue weighted by Gasteiger charge is -2.49. The van der Waals surface area contributed by atoms with Gasteiger partial charge in [0.1, 0.15) is 29.7 Å². The highest BCUT2D eigenvalue weighted by molar-refractivity contribution is 5.89. The highest BCUT2D eigenvalue weighted by atomic mass is 16.7. The maximum atomic E-state index is 14.1. The van der Waals surface area contributed by atoms with E-state index in [-0.39, 0.29) is 31.4 Å². The molecule has 3 fully saturated rings. The van der Waals surface area contributed by atoms with Crippen LogP contribution in [0.1, 0.15) is 94.9 Å². The third-order valence-electron chi connectivity index (χ3n) is 12.2. The topological polar surface area (TPSA) is 269 Å². The van der Waals surface area contributed by atoms with E-state index in [1.54, 1.807) is 41.5 Å². The number of methoxy groups -OCH3 is 1. The van der Waals surface area contributed by atoms with Gasteiger partial charge in [-0.1, -0.05) is 27.7 Å². The van der Waals surface area contributed by atoms with Crippen molar-refractivity contribution in [2.24, 2.45) is 23.7 Å². The van der Waals surface area contributed by atoms with Gasteiger partial charge in [-0.15, -0.1) is 0 Å². The quantitative estimate of drug-likeness (QED) is 0.128. The normalized spacial score (nSPS) is 44.3. The SMILES string of the molecule is CC[C@H]1OC(=O)[C@H](C)[C@@H](O[C@@H]2C[C@@](C)(OC)[C@@H](O)[C@H](C)O2)[C@H](C)[C@@H](O[C@@H]2O[C@H](C)C[C@H](N(C)C)[C@H]2O)[C@](C)(O)C[C@@H](C)C(=O)[C@H](C)[C@@H](O)[C@@]1(C)O.O=C(O)C=CC(=O)O. The minimum Gasteiger partial charge on any atom is -0.478 e. The minimum absolute atomic E-state index is 0.0936. The third kappa shape index (κ3) is 13.2. The van der Waals surface area contributed by atoms with Crippen LogP contribution >= 0.6 is 0 Å². The van der Waals surface area contributed by atoms with E-state index >= 15 is 0 Å². The summed E-state index contributed by atoms with van der Waals surface area (Å²) in [6.45, 7) is 16.3. The molecule has 3 aliphatic heterocycles. The van der Waals surface area contributed by atoms with Gasteiger partial charge in [-0.05, 0) is 74.9 Å². The Morgan fingerprint density at radius 3 is 1.92 bits per heavy atom. The number of Topliss-reactive ketones (excluding diaryl/α,β-unsaturated/α-hetero) is 1. The van der Waals surface area contributed by atoms with Crippen molar-refractivity contribution >= 4 is 23.7 Å². The van der Waals surface area contributed by atoms with Crippen molar-refractivity contribution in [1.82, 2.24) is 4.90 Å². The molecule has 18 nitrogen and oxygen atoms in total. The number of hydrogen-bond acceptors (Lipinski definition) is 16. The van der Waals surface area contributed by atoms with Gasteiger partial charge in [0.05, 0.1) is 47.6 Å². The largest absolute Gasteiger partial charge is 0.478 e. The molecular formula is C41H71NO17. The Morgan fingerprint density at radius 2 is 1.42 bits per heavy atom. The lowest BCUT2D eigenvalue weighted by molar-refractivity contribution is -0.318. The minimum atomic E-state index is -1.99. The van der Waals surface area contributed by atoms with Gasteiger partial charge in [0.15, 0.2) is 12.6 Å². The third-order valence-corrected chi connectivity index (χ3v) is 12.2. The number of aliphatic carboxylic acids is 2. The van der Waals surface area contributed by atoms with Gasteiger partial charge in [-0.2, -0.15) is 0 Å². The van der Waals surface area contributed by atoms with Crippen molar-refractivity contribution in [2.45, 2.75) is 179 Å². The van der Waals surface area contributed by atoms with Crippen molar-refractivity contribution in [3.05, 3.63) is 12.2 Å². The molecule has 0 saturated carbocycles. The molecule has 3 saturated heterocycles. The lowest BCUT2D eigenvalue weighted by atomic mass is 9.74. The molecule has 0 aromatic heterocycles. The van der Waals surface area contributed by atoms with Crippen LogP contribution in [0.5, 0.6) is 0 Å². The molecule has 0 aromatic rings. The standard InChI is InChI=1S/C37H67NO13.C4H4O4/c1-14-25-37(10,45)30(41)20(4)27(39)18(2)16-35(8,44)32(51-34-28(40)24(38(11)12)15-19(3)47-34)21(5)29(22(6)33(43)49-25)50-26-17-36(9,46-13)31(42)23(7)48-26;5-3(6)1-2-4(7)8/h18-26,28-32,34,40-42,44-45H,14-17H2,1-13H3;1-2H,(H,5,6)(H,7,8)/t18-,19-,20+,21+,22-,23+,24+,25-,26-,28-,29+,30-,31+,32-,34+,35-,36-,37+;/m1./s1. The summed E-state index contributed by atoms with van der Waals surface area (Å²) in [4.78, 5) is 48.9. The van der Waals surface area contributed by atoms with Crippen molar-refractivity contribution in [2.75, 3.05) is 21.2 Å². The first-order valence-corrected chi connectivity index (χ1v) is 20.3. The zero-order valence-electron chi connectivity index (χ0n) is 36.8. The second kappa shape index (κ2) is 21.4. The predicted octanol–water partition coefficient (Wildman–Crippen LogP) is 1.50. The molecule has 0 unspecified atom stereocenters. The second-order valence-electron chi connectivity index (χ2n) is 17.5. The van der Waals surface area contributed by atoms with Crippen LogP contribution in [0.15, 0.2) is 12.2 Å². The second-order valence-corrected chi connectivity index (χ2v) is 17.5. The van der Waals surface area contributed by atoms with Gasteiger partial charge in [0.25, 0.3) is 0 Å². The average Bonchev–Trinajstić information content (AvgIpc) is 3.15. The zero-order valence-corrected chi connectivity index (χ0v) is 36.8. The number of carbonyl (C=O) groups is 4. The van der Waals surface area contributed by atoms with Crippen LogP contribution in [0.3, 0.4) is 0 Å². The summed E-state index contributed by atoms with van der Waals surface area (Å²) >= 11 is 0. The average molecular weight is 850 g/mol. The van der Waals surface area contributed by atoms with Gasteiger partial charge >= 0.3 is 17.9 Å². The van der Waals surface area contributed by atoms with E-state index in [1.807, 2.05) is 25.9 Å². The maximum absolute atomic E-state index is 14.1. The predicted molar refractivity (Wildman–Crippen MR) is 211 cm³/mol. The first-order valence-electron chi connectivity index (χ1n) is 20.3. The molecular weight excluding hydrogens is 778 g/mol. The number of rotatable bonds is 9. The molecule has 0 spiro atoms. The molecule has 3 rings (SSSR count). The first-order chi connectivity index (χ1) is 27.1. The van der Waals surface area contributed by atoms with E-state index in [0.29, 0.717) is 18.6 Å². The number of ketones is 1. The van der Waals surface area contributed by atoms with Gasteiger partial charge < -0.3 is 69.1 Å². The fourth-order valence-corrected chi connectivity index (χ4v) is 8.55. The number of carboxylic acids is 2. The van der Waals surface area contributed by atoms with E-state index in [9.17, 15) is 44.7 Å². The smallest absolute Gasteiger partial charge is 0.328 e. The number of aliphatic hydroxyl groups is 5. The van der Waals surface area contributed by atoms with Crippen LogP contribution in [0.25, 0.3) is 0 Å². The van der Waals surface area contributed by atoms with Crippen LogP contribution in [-0.2, 0) is 47.6 Å². The summed E-state index contributed by atoms with van der Waals surface area (Å²) in [6, 6.07) is -0.324. The van der Waals surface area contributed by atoms with Crippen molar-refractivity contribution in [3.8, 4) is 0 Å². The Balaban J connectivity index is 0.00000135. The number of esters is 1. The highest BCUT2D eigenvalue weighted by Crippen LogP contribution is 2.40. The molecule has 342 valence electrons. The summed E-state index contributed by atoms with van der Waals surface area (Å²) in [5, 5.41) is 73.2. The van der Waals surface area contributed by atoms with Crippen LogP contribution in [-0.4, -0.2) is 170 Å².